The minimum Gasteiger partial charge on any atom is -0.467 e. The second kappa shape index (κ2) is 8.70. The van der Waals surface area contributed by atoms with E-state index in [-0.39, 0.29) is 12.1 Å². The molecule has 3 aromatic carbocycles. The fraction of sp³-hybridized carbons (Fsp3) is 0.0690. The molecule has 6 rings (SSSR count). The Labute approximate surface area is 206 Å². The molecule has 4 amide bonds. The van der Waals surface area contributed by atoms with Crippen molar-refractivity contribution in [2.75, 3.05) is 0 Å². The van der Waals surface area contributed by atoms with Gasteiger partial charge in [0.25, 0.3) is 11.8 Å². The number of imide groups is 2. The molecule has 5 aromatic rings. The van der Waals surface area contributed by atoms with E-state index < -0.39 is 17.8 Å². The van der Waals surface area contributed by atoms with Crippen LogP contribution >= 0.6 is 0 Å². The van der Waals surface area contributed by atoms with Crippen molar-refractivity contribution in [2.45, 2.75) is 13.1 Å². The van der Waals surface area contributed by atoms with E-state index >= 15 is 0 Å². The highest BCUT2D eigenvalue weighted by atomic mass is 16.3. The molecule has 1 aliphatic heterocycles. The Morgan fingerprint density at radius 2 is 1.58 bits per heavy atom. The summed E-state index contributed by atoms with van der Waals surface area (Å²) in [6, 6.07) is 24.9. The summed E-state index contributed by atoms with van der Waals surface area (Å²) >= 11 is 0. The summed E-state index contributed by atoms with van der Waals surface area (Å²) in [5, 5.41) is 5.51. The van der Waals surface area contributed by atoms with Crippen molar-refractivity contribution in [3.63, 3.8) is 0 Å². The third kappa shape index (κ3) is 3.76. The zero-order valence-corrected chi connectivity index (χ0v) is 19.2. The standard InChI is InChI=1S/C29H21N3O4/c33-27-25(28(34)32(29(35)30-27)18-22-10-6-14-36-22)15-21-17-31(26-13-4-3-12-24(21)26)16-20-9-5-8-19-7-1-2-11-23(19)20/h1-15,17H,16,18H2,(H,30,33,35)/b25-15+. The van der Waals surface area contributed by atoms with E-state index in [4.69, 9.17) is 4.42 Å². The van der Waals surface area contributed by atoms with Gasteiger partial charge in [0.15, 0.2) is 0 Å². The molecule has 176 valence electrons. The molecule has 36 heavy (non-hydrogen) atoms. The van der Waals surface area contributed by atoms with Crippen LogP contribution in [0.2, 0.25) is 0 Å². The summed E-state index contributed by atoms with van der Waals surface area (Å²) in [5.41, 5.74) is 2.75. The van der Waals surface area contributed by atoms with E-state index in [9.17, 15) is 14.4 Å². The van der Waals surface area contributed by atoms with E-state index in [0.29, 0.717) is 12.3 Å². The van der Waals surface area contributed by atoms with Crippen LogP contribution in [0.5, 0.6) is 0 Å². The summed E-state index contributed by atoms with van der Waals surface area (Å²) in [4.78, 5) is 39.2. The number of rotatable bonds is 5. The Morgan fingerprint density at radius 3 is 2.42 bits per heavy atom. The SMILES string of the molecule is O=C1NC(=O)N(Cc2ccco2)C(=O)/C1=C/c1cn(Cc2cccc3ccccc23)c2ccccc12. The summed E-state index contributed by atoms with van der Waals surface area (Å²) in [5.74, 6) is -0.934. The lowest BCUT2D eigenvalue weighted by Crippen LogP contribution is -2.53. The Kier molecular flexibility index (Phi) is 5.22. The first kappa shape index (κ1) is 21.6. The first-order valence-electron chi connectivity index (χ1n) is 11.5. The Balaban J connectivity index is 1.40. The number of benzene rings is 3. The van der Waals surface area contributed by atoms with Gasteiger partial charge in [0.1, 0.15) is 11.3 Å². The van der Waals surface area contributed by atoms with Crippen molar-refractivity contribution in [3.05, 3.63) is 114 Å². The number of hydrogen-bond donors (Lipinski definition) is 1. The fourth-order valence-electron chi connectivity index (χ4n) is 4.69. The smallest absolute Gasteiger partial charge is 0.331 e. The Morgan fingerprint density at radius 1 is 0.806 bits per heavy atom. The highest BCUT2D eigenvalue weighted by Crippen LogP contribution is 2.28. The minimum atomic E-state index is -0.767. The van der Waals surface area contributed by atoms with Gasteiger partial charge in [-0.1, -0.05) is 60.7 Å². The average molecular weight is 476 g/mol. The van der Waals surface area contributed by atoms with Crippen LogP contribution in [-0.2, 0) is 22.7 Å². The summed E-state index contributed by atoms with van der Waals surface area (Å²) in [6.07, 6.45) is 4.96. The van der Waals surface area contributed by atoms with E-state index in [1.54, 1.807) is 18.2 Å². The lowest BCUT2D eigenvalue weighted by atomic mass is 10.0. The number of barbiturate groups is 1. The van der Waals surface area contributed by atoms with Crippen LogP contribution in [0.3, 0.4) is 0 Å². The molecule has 7 nitrogen and oxygen atoms in total. The summed E-state index contributed by atoms with van der Waals surface area (Å²) in [7, 11) is 0. The summed E-state index contributed by atoms with van der Waals surface area (Å²) in [6.45, 7) is 0.555. The van der Waals surface area contributed by atoms with Gasteiger partial charge in [-0.3, -0.25) is 19.8 Å². The van der Waals surface area contributed by atoms with Crippen LogP contribution < -0.4 is 5.32 Å². The topological polar surface area (TPSA) is 84.6 Å². The van der Waals surface area contributed by atoms with E-state index in [1.165, 1.54) is 17.0 Å². The van der Waals surface area contributed by atoms with Crippen LogP contribution in [0.25, 0.3) is 27.8 Å². The van der Waals surface area contributed by atoms with Crippen molar-refractivity contribution >= 4 is 45.6 Å². The van der Waals surface area contributed by atoms with Gasteiger partial charge in [-0.15, -0.1) is 0 Å². The molecule has 0 bridgehead atoms. The first-order valence-corrected chi connectivity index (χ1v) is 11.5. The second-order valence-electron chi connectivity index (χ2n) is 8.66. The van der Waals surface area contributed by atoms with E-state index in [2.05, 4.69) is 34.1 Å². The van der Waals surface area contributed by atoms with Gasteiger partial charge in [0.2, 0.25) is 0 Å². The maximum atomic E-state index is 13.2. The number of carbonyl (C=O) groups excluding carboxylic acids is 3. The molecule has 1 saturated heterocycles. The van der Waals surface area contributed by atoms with Crippen LogP contribution in [0.1, 0.15) is 16.9 Å². The lowest BCUT2D eigenvalue weighted by Gasteiger charge is -2.25. The zero-order valence-electron chi connectivity index (χ0n) is 19.2. The number of aromatic nitrogens is 1. The first-order chi connectivity index (χ1) is 17.6. The van der Waals surface area contributed by atoms with Crippen molar-refractivity contribution in [2.24, 2.45) is 0 Å². The molecule has 0 spiro atoms. The average Bonchev–Trinajstić information content (AvgIpc) is 3.53. The van der Waals surface area contributed by atoms with Gasteiger partial charge in [0.05, 0.1) is 12.8 Å². The van der Waals surface area contributed by atoms with Gasteiger partial charge in [-0.2, -0.15) is 0 Å². The lowest BCUT2D eigenvalue weighted by molar-refractivity contribution is -0.130. The maximum Gasteiger partial charge on any atom is 0.331 e. The molecule has 1 N–H and O–H groups in total. The third-order valence-electron chi connectivity index (χ3n) is 6.42. The highest BCUT2D eigenvalue weighted by Gasteiger charge is 2.36. The number of nitrogens with zero attached hydrogens (tertiary/aromatic N) is 2. The molecular formula is C29H21N3O4. The number of fused-ring (bicyclic) bond motifs is 2. The van der Waals surface area contributed by atoms with Gasteiger partial charge < -0.3 is 8.98 Å². The van der Waals surface area contributed by atoms with Crippen LogP contribution in [-0.4, -0.2) is 27.3 Å². The van der Waals surface area contributed by atoms with Crippen molar-refractivity contribution < 1.29 is 18.8 Å². The molecule has 0 atom stereocenters. The Hall–Kier alpha value is -4.91. The van der Waals surface area contributed by atoms with Gasteiger partial charge in [-0.05, 0) is 40.6 Å². The molecule has 0 radical (unpaired) electrons. The fourth-order valence-corrected chi connectivity index (χ4v) is 4.69. The quantitative estimate of drug-likeness (QED) is 0.283. The molecule has 1 aliphatic rings. The van der Waals surface area contributed by atoms with Crippen molar-refractivity contribution in [1.82, 2.24) is 14.8 Å². The number of urea groups is 1. The second-order valence-corrected chi connectivity index (χ2v) is 8.66. The molecule has 0 unspecified atom stereocenters. The van der Waals surface area contributed by atoms with E-state index in [1.807, 2.05) is 48.7 Å². The normalized spacial score (nSPS) is 15.3. The molecular weight excluding hydrogens is 454 g/mol. The van der Waals surface area contributed by atoms with Crippen LogP contribution in [0, 0.1) is 0 Å². The molecule has 0 saturated carbocycles. The number of amides is 4. The van der Waals surface area contributed by atoms with Crippen molar-refractivity contribution in [3.8, 4) is 0 Å². The minimum absolute atomic E-state index is 0.0644. The van der Waals surface area contributed by atoms with Crippen LogP contribution in [0.15, 0.2) is 101 Å². The number of para-hydroxylation sites is 1. The van der Waals surface area contributed by atoms with Gasteiger partial charge in [0, 0.05) is 29.2 Å². The third-order valence-corrected chi connectivity index (χ3v) is 6.42. The molecule has 1 fully saturated rings. The maximum absolute atomic E-state index is 13.2. The number of hydrogen-bond acceptors (Lipinski definition) is 4. The van der Waals surface area contributed by atoms with Gasteiger partial charge >= 0.3 is 6.03 Å². The monoisotopic (exact) mass is 475 g/mol. The van der Waals surface area contributed by atoms with E-state index in [0.717, 1.165) is 26.9 Å². The largest absolute Gasteiger partial charge is 0.467 e. The predicted octanol–water partition coefficient (Wildman–Crippen LogP) is 5.10. The highest BCUT2D eigenvalue weighted by molar-refractivity contribution is 6.31. The van der Waals surface area contributed by atoms with Crippen LogP contribution in [0.4, 0.5) is 4.79 Å². The molecule has 7 heteroatoms. The molecule has 3 heterocycles. The summed E-state index contributed by atoms with van der Waals surface area (Å²) < 4.78 is 7.39. The predicted molar refractivity (Wildman–Crippen MR) is 136 cm³/mol. The zero-order chi connectivity index (χ0) is 24.6. The Bertz CT molecular complexity index is 1670. The number of carbonyl (C=O) groups is 3. The number of nitrogens with one attached hydrogen (secondary N) is 1. The van der Waals surface area contributed by atoms with Gasteiger partial charge in [-0.25, -0.2) is 4.79 Å². The number of furan rings is 1. The molecule has 0 aliphatic carbocycles. The molecule has 2 aromatic heterocycles. The van der Waals surface area contributed by atoms with Crippen molar-refractivity contribution in [1.29, 1.82) is 0 Å².